The maximum Gasteiger partial charge on any atom is 0.336 e. The molecule has 0 spiro atoms. The summed E-state index contributed by atoms with van der Waals surface area (Å²) in [5.41, 5.74) is 7.71. The number of benzene rings is 2. The summed E-state index contributed by atoms with van der Waals surface area (Å²) in [7, 11) is 1.57. The van der Waals surface area contributed by atoms with Gasteiger partial charge in [0.15, 0.2) is 5.17 Å². The molecule has 0 amide bonds. The number of fused-ring (bicyclic) bond motifs is 1. The van der Waals surface area contributed by atoms with Crippen LogP contribution in [0.2, 0.25) is 0 Å². The van der Waals surface area contributed by atoms with Gasteiger partial charge in [0.25, 0.3) is 0 Å². The van der Waals surface area contributed by atoms with Crippen LogP contribution in [0.5, 0.6) is 5.75 Å². The Kier molecular flexibility index (Phi) is 4.86. The summed E-state index contributed by atoms with van der Waals surface area (Å²) >= 11 is 1.37. The minimum Gasteiger partial charge on any atom is -0.497 e. The van der Waals surface area contributed by atoms with Gasteiger partial charge in [-0.3, -0.25) is 0 Å². The van der Waals surface area contributed by atoms with E-state index in [1.54, 1.807) is 13.2 Å². The van der Waals surface area contributed by atoms with Crippen molar-refractivity contribution in [2.75, 3.05) is 7.11 Å². The number of aliphatic imine (C=N–C) groups is 1. The van der Waals surface area contributed by atoms with Crippen molar-refractivity contribution >= 4 is 33.6 Å². The first kappa shape index (κ1) is 16.1. The average molecular weight is 340 g/mol. The summed E-state index contributed by atoms with van der Waals surface area (Å²) in [6.07, 6.45) is 0. The molecule has 0 radical (unpaired) electrons. The predicted octanol–water partition coefficient (Wildman–Crippen LogP) is 3.68. The molecule has 1 aromatic heterocycles. The number of hydrogen-bond donors (Lipinski definition) is 1. The first-order valence-electron chi connectivity index (χ1n) is 7.28. The van der Waals surface area contributed by atoms with E-state index in [4.69, 9.17) is 14.9 Å². The Bertz CT molecular complexity index is 936. The number of rotatable bonds is 4. The van der Waals surface area contributed by atoms with Crippen molar-refractivity contribution in [2.24, 2.45) is 10.7 Å². The zero-order chi connectivity index (χ0) is 16.9. The van der Waals surface area contributed by atoms with Crippen molar-refractivity contribution in [3.63, 3.8) is 0 Å². The van der Waals surface area contributed by atoms with E-state index in [9.17, 15) is 4.79 Å². The molecule has 0 saturated heterocycles. The largest absolute Gasteiger partial charge is 0.497 e. The number of nitrogens with zero attached hydrogens (tertiary/aromatic N) is 1. The van der Waals surface area contributed by atoms with Gasteiger partial charge in [0.2, 0.25) is 0 Å². The van der Waals surface area contributed by atoms with Crippen molar-refractivity contribution in [1.82, 2.24) is 0 Å². The van der Waals surface area contributed by atoms with E-state index in [0.717, 1.165) is 16.6 Å². The SMILES string of the molecule is COc1ccc2c(CSC(N)=Nc3ccccc3)cc(=O)oc2c1. The molecule has 2 aromatic carbocycles. The number of hydrogen-bond acceptors (Lipinski definition) is 5. The summed E-state index contributed by atoms with van der Waals surface area (Å²) in [5.74, 6) is 1.16. The van der Waals surface area contributed by atoms with Gasteiger partial charge in [-0.05, 0) is 29.8 Å². The van der Waals surface area contributed by atoms with Gasteiger partial charge >= 0.3 is 5.63 Å². The molecule has 5 nitrogen and oxygen atoms in total. The van der Waals surface area contributed by atoms with Crippen molar-refractivity contribution in [1.29, 1.82) is 0 Å². The minimum atomic E-state index is -0.398. The van der Waals surface area contributed by atoms with Crippen LogP contribution in [-0.4, -0.2) is 12.3 Å². The Morgan fingerprint density at radius 2 is 2.00 bits per heavy atom. The van der Waals surface area contributed by atoms with Crippen LogP contribution in [0.4, 0.5) is 5.69 Å². The van der Waals surface area contributed by atoms with E-state index in [1.807, 2.05) is 42.5 Å². The normalized spacial score (nSPS) is 11.6. The molecule has 0 aliphatic carbocycles. The quantitative estimate of drug-likeness (QED) is 0.445. The Labute approximate surface area is 143 Å². The van der Waals surface area contributed by atoms with Gasteiger partial charge in [0.1, 0.15) is 11.3 Å². The molecule has 0 saturated carbocycles. The van der Waals surface area contributed by atoms with Crippen molar-refractivity contribution in [3.8, 4) is 5.75 Å². The first-order valence-corrected chi connectivity index (χ1v) is 8.27. The molecular formula is C18H16N2O3S. The van der Waals surface area contributed by atoms with Crippen LogP contribution >= 0.6 is 11.8 Å². The molecule has 1 heterocycles. The molecule has 3 rings (SSSR count). The van der Waals surface area contributed by atoms with E-state index < -0.39 is 5.63 Å². The lowest BCUT2D eigenvalue weighted by Crippen LogP contribution is -2.07. The number of methoxy groups -OCH3 is 1. The number of para-hydroxylation sites is 1. The molecule has 24 heavy (non-hydrogen) atoms. The molecular weight excluding hydrogens is 324 g/mol. The average Bonchev–Trinajstić information content (AvgIpc) is 2.59. The highest BCUT2D eigenvalue weighted by atomic mass is 32.2. The second-order valence-electron chi connectivity index (χ2n) is 5.03. The lowest BCUT2D eigenvalue weighted by Gasteiger charge is -2.06. The fraction of sp³-hybridized carbons (Fsp3) is 0.111. The number of thioether (sulfide) groups is 1. The highest BCUT2D eigenvalue weighted by molar-refractivity contribution is 8.13. The summed E-state index contributed by atoms with van der Waals surface area (Å²) in [4.78, 5) is 16.1. The van der Waals surface area contributed by atoms with Gasteiger partial charge in [0.05, 0.1) is 12.8 Å². The van der Waals surface area contributed by atoms with Crippen LogP contribution in [0.1, 0.15) is 5.56 Å². The van der Waals surface area contributed by atoms with Crippen LogP contribution in [0.3, 0.4) is 0 Å². The highest BCUT2D eigenvalue weighted by Crippen LogP contribution is 2.25. The number of nitrogens with two attached hydrogens (primary N) is 1. The topological polar surface area (TPSA) is 77.8 Å². The third-order valence-corrected chi connectivity index (χ3v) is 4.25. The highest BCUT2D eigenvalue weighted by Gasteiger charge is 2.08. The molecule has 0 bridgehead atoms. The fourth-order valence-corrected chi connectivity index (χ4v) is 2.98. The third-order valence-electron chi connectivity index (χ3n) is 3.41. The zero-order valence-electron chi connectivity index (χ0n) is 13.1. The second kappa shape index (κ2) is 7.23. The van der Waals surface area contributed by atoms with Crippen LogP contribution in [-0.2, 0) is 5.75 Å². The smallest absolute Gasteiger partial charge is 0.336 e. The van der Waals surface area contributed by atoms with Crippen LogP contribution < -0.4 is 16.1 Å². The first-order chi connectivity index (χ1) is 11.7. The molecule has 0 aliphatic rings. The van der Waals surface area contributed by atoms with Gasteiger partial charge < -0.3 is 14.9 Å². The van der Waals surface area contributed by atoms with Gasteiger partial charge in [-0.15, -0.1) is 0 Å². The molecule has 2 N–H and O–H groups in total. The second-order valence-corrected chi connectivity index (χ2v) is 6.02. The summed E-state index contributed by atoms with van der Waals surface area (Å²) in [5, 5.41) is 1.30. The predicted molar refractivity (Wildman–Crippen MR) is 98.1 cm³/mol. The van der Waals surface area contributed by atoms with Crippen LogP contribution in [0, 0.1) is 0 Å². The van der Waals surface area contributed by atoms with E-state index in [1.165, 1.54) is 17.8 Å². The van der Waals surface area contributed by atoms with Gasteiger partial charge in [-0.1, -0.05) is 30.0 Å². The molecule has 0 atom stereocenters. The monoisotopic (exact) mass is 340 g/mol. The Morgan fingerprint density at radius 3 is 2.75 bits per heavy atom. The molecule has 0 aliphatic heterocycles. The zero-order valence-corrected chi connectivity index (χ0v) is 13.9. The Hall–Kier alpha value is -2.73. The molecule has 122 valence electrons. The van der Waals surface area contributed by atoms with Gasteiger partial charge in [-0.2, -0.15) is 0 Å². The molecule has 6 heteroatoms. The molecule has 3 aromatic rings. The van der Waals surface area contributed by atoms with E-state index in [0.29, 0.717) is 22.3 Å². The molecule has 0 fully saturated rings. The summed E-state index contributed by atoms with van der Waals surface area (Å²) in [6.45, 7) is 0. The third kappa shape index (κ3) is 3.78. The summed E-state index contributed by atoms with van der Waals surface area (Å²) in [6, 6.07) is 16.4. The van der Waals surface area contributed by atoms with Crippen LogP contribution in [0.15, 0.2) is 68.8 Å². The van der Waals surface area contributed by atoms with Crippen molar-refractivity contribution in [3.05, 3.63) is 70.6 Å². The standard InChI is InChI=1S/C18H16N2O3S/c1-22-14-7-8-15-12(9-17(21)23-16(15)10-14)11-24-18(19)20-13-5-3-2-4-6-13/h2-10H,11H2,1H3,(H2,19,20). The van der Waals surface area contributed by atoms with E-state index >= 15 is 0 Å². The van der Waals surface area contributed by atoms with Crippen molar-refractivity contribution in [2.45, 2.75) is 5.75 Å². The minimum absolute atomic E-state index is 0.398. The van der Waals surface area contributed by atoms with E-state index in [-0.39, 0.29) is 0 Å². The summed E-state index contributed by atoms with van der Waals surface area (Å²) < 4.78 is 10.4. The lowest BCUT2D eigenvalue weighted by molar-refractivity contribution is 0.414. The lowest BCUT2D eigenvalue weighted by atomic mass is 10.1. The fourth-order valence-electron chi connectivity index (χ4n) is 2.27. The Morgan fingerprint density at radius 1 is 1.21 bits per heavy atom. The molecule has 0 unspecified atom stereocenters. The van der Waals surface area contributed by atoms with Crippen molar-refractivity contribution < 1.29 is 9.15 Å². The number of amidine groups is 1. The van der Waals surface area contributed by atoms with Gasteiger partial charge in [0, 0.05) is 23.3 Å². The van der Waals surface area contributed by atoms with E-state index in [2.05, 4.69) is 4.99 Å². The van der Waals surface area contributed by atoms with Gasteiger partial charge in [-0.25, -0.2) is 9.79 Å². The maximum atomic E-state index is 11.8. The maximum absolute atomic E-state index is 11.8. The Balaban J connectivity index is 1.85. The number of ether oxygens (including phenoxy) is 1. The van der Waals surface area contributed by atoms with Crippen LogP contribution in [0.25, 0.3) is 11.0 Å².